The second-order valence-electron chi connectivity index (χ2n) is 4.72. The lowest BCUT2D eigenvalue weighted by Gasteiger charge is -2.19. The van der Waals surface area contributed by atoms with Crippen LogP contribution < -0.4 is 11.1 Å². The molecule has 0 amide bonds. The molecule has 1 atom stereocenters. The average molecular weight is 295 g/mol. The van der Waals surface area contributed by atoms with Gasteiger partial charge in [0, 0.05) is 12.2 Å². The molecule has 112 valence electrons. The summed E-state index contributed by atoms with van der Waals surface area (Å²) >= 11 is 0. The van der Waals surface area contributed by atoms with Crippen LogP contribution in [0.3, 0.4) is 0 Å². The Bertz CT molecular complexity index is 611. The minimum Gasteiger partial charge on any atom is -0.383 e. The van der Waals surface area contributed by atoms with Gasteiger partial charge in [0.1, 0.15) is 5.82 Å². The van der Waals surface area contributed by atoms with Gasteiger partial charge in [-0.25, -0.2) is 4.98 Å². The maximum atomic E-state index is 12.8. The van der Waals surface area contributed by atoms with Crippen LogP contribution >= 0.6 is 0 Å². The number of aromatic nitrogens is 1. The maximum Gasteiger partial charge on any atom is 0.416 e. The van der Waals surface area contributed by atoms with Gasteiger partial charge in [0.15, 0.2) is 0 Å². The third-order valence-electron chi connectivity index (χ3n) is 3.31. The summed E-state index contributed by atoms with van der Waals surface area (Å²) in [5.74, 6) is 0.393. The van der Waals surface area contributed by atoms with Crippen molar-refractivity contribution >= 4 is 5.82 Å². The molecule has 3 N–H and O–H groups in total. The van der Waals surface area contributed by atoms with E-state index in [0.29, 0.717) is 17.8 Å². The lowest BCUT2D eigenvalue weighted by molar-refractivity contribution is -0.137. The number of rotatable bonds is 4. The number of nitrogens with one attached hydrogen (secondary N) is 1. The highest BCUT2D eigenvalue weighted by Crippen LogP contribution is 2.31. The van der Waals surface area contributed by atoms with Crippen LogP contribution in [-0.2, 0) is 12.6 Å². The molecule has 2 aromatic rings. The minimum atomic E-state index is -4.35. The Kier molecular flexibility index (Phi) is 4.47. The standard InChI is InChI=1S/C15H16F3N3/c1-20-13(9-11-5-3-7-21-14(11)19)10-4-2-6-12(8-10)15(16,17)18/h2-8,13,20H,9H2,1H3,(H2,19,21). The molecule has 0 aliphatic heterocycles. The molecule has 1 aromatic carbocycles. The number of nitrogens with zero attached hydrogens (tertiary/aromatic N) is 1. The molecular formula is C15H16F3N3. The molecule has 0 radical (unpaired) electrons. The molecule has 21 heavy (non-hydrogen) atoms. The monoisotopic (exact) mass is 295 g/mol. The highest BCUT2D eigenvalue weighted by Gasteiger charge is 2.30. The second-order valence-corrected chi connectivity index (χ2v) is 4.72. The molecule has 0 aliphatic rings. The molecule has 0 aliphatic carbocycles. The summed E-state index contributed by atoms with van der Waals surface area (Å²) in [5.41, 5.74) is 6.49. The van der Waals surface area contributed by atoms with Crippen LogP contribution in [0, 0.1) is 0 Å². The SMILES string of the molecule is CNC(Cc1cccnc1N)c1cccc(C(F)(F)F)c1. The lowest BCUT2D eigenvalue weighted by Crippen LogP contribution is -2.20. The van der Waals surface area contributed by atoms with Crippen LogP contribution in [0.5, 0.6) is 0 Å². The molecule has 0 bridgehead atoms. The van der Waals surface area contributed by atoms with Gasteiger partial charge >= 0.3 is 6.18 Å². The Morgan fingerprint density at radius 1 is 1.24 bits per heavy atom. The summed E-state index contributed by atoms with van der Waals surface area (Å²) in [6.45, 7) is 0. The van der Waals surface area contributed by atoms with Crippen molar-refractivity contribution in [2.75, 3.05) is 12.8 Å². The summed E-state index contributed by atoms with van der Waals surface area (Å²) in [4.78, 5) is 3.99. The summed E-state index contributed by atoms with van der Waals surface area (Å²) < 4.78 is 38.3. The van der Waals surface area contributed by atoms with Crippen molar-refractivity contribution in [2.24, 2.45) is 0 Å². The third kappa shape index (κ3) is 3.72. The molecular weight excluding hydrogens is 279 g/mol. The summed E-state index contributed by atoms with van der Waals surface area (Å²) in [7, 11) is 1.71. The second kappa shape index (κ2) is 6.13. The third-order valence-corrected chi connectivity index (χ3v) is 3.31. The van der Waals surface area contributed by atoms with Crippen molar-refractivity contribution in [3.63, 3.8) is 0 Å². The van der Waals surface area contributed by atoms with E-state index in [1.54, 1.807) is 25.4 Å². The number of hydrogen-bond donors (Lipinski definition) is 2. The normalized spacial score (nSPS) is 13.1. The van der Waals surface area contributed by atoms with E-state index < -0.39 is 11.7 Å². The molecule has 1 heterocycles. The van der Waals surface area contributed by atoms with E-state index in [9.17, 15) is 13.2 Å². The van der Waals surface area contributed by atoms with Gasteiger partial charge in [-0.05, 0) is 42.8 Å². The van der Waals surface area contributed by atoms with Crippen LogP contribution in [0.15, 0.2) is 42.6 Å². The maximum absolute atomic E-state index is 12.8. The molecule has 0 fully saturated rings. The Hall–Kier alpha value is -2.08. The van der Waals surface area contributed by atoms with Crippen LogP contribution in [0.25, 0.3) is 0 Å². The zero-order chi connectivity index (χ0) is 15.5. The van der Waals surface area contributed by atoms with E-state index in [-0.39, 0.29) is 6.04 Å². The fraction of sp³-hybridized carbons (Fsp3) is 0.267. The molecule has 2 rings (SSSR count). The first-order chi connectivity index (χ1) is 9.91. The molecule has 1 aromatic heterocycles. The lowest BCUT2D eigenvalue weighted by atomic mass is 9.97. The largest absolute Gasteiger partial charge is 0.416 e. The Labute approximate surface area is 121 Å². The average Bonchev–Trinajstić information content (AvgIpc) is 2.46. The molecule has 6 heteroatoms. The first-order valence-electron chi connectivity index (χ1n) is 6.45. The van der Waals surface area contributed by atoms with E-state index in [1.165, 1.54) is 6.07 Å². The quantitative estimate of drug-likeness (QED) is 0.911. The van der Waals surface area contributed by atoms with Crippen molar-refractivity contribution in [3.8, 4) is 0 Å². The number of benzene rings is 1. The summed E-state index contributed by atoms with van der Waals surface area (Å²) in [5, 5.41) is 3.02. The smallest absolute Gasteiger partial charge is 0.383 e. The van der Waals surface area contributed by atoms with Gasteiger partial charge in [0.2, 0.25) is 0 Å². The number of nitrogens with two attached hydrogens (primary N) is 1. The van der Waals surface area contributed by atoms with Gasteiger partial charge < -0.3 is 11.1 Å². The number of hydrogen-bond acceptors (Lipinski definition) is 3. The van der Waals surface area contributed by atoms with Crippen LogP contribution in [0.2, 0.25) is 0 Å². The van der Waals surface area contributed by atoms with Gasteiger partial charge in [-0.15, -0.1) is 0 Å². The van der Waals surface area contributed by atoms with Crippen LogP contribution in [0.1, 0.15) is 22.7 Å². The Morgan fingerprint density at radius 3 is 2.62 bits per heavy atom. The van der Waals surface area contributed by atoms with Crippen LogP contribution in [-0.4, -0.2) is 12.0 Å². The first kappa shape index (κ1) is 15.3. The predicted octanol–water partition coefficient (Wildman–Crippen LogP) is 3.19. The van der Waals surface area contributed by atoms with E-state index in [0.717, 1.165) is 17.7 Å². The van der Waals surface area contributed by atoms with E-state index in [4.69, 9.17) is 5.73 Å². The van der Waals surface area contributed by atoms with Crippen LogP contribution in [0.4, 0.5) is 19.0 Å². The van der Waals surface area contributed by atoms with E-state index >= 15 is 0 Å². The van der Waals surface area contributed by atoms with Crippen molar-refractivity contribution in [1.82, 2.24) is 10.3 Å². The summed E-state index contributed by atoms with van der Waals surface area (Å²) in [6.07, 6.45) is -2.30. The van der Waals surface area contributed by atoms with Crippen molar-refractivity contribution in [1.29, 1.82) is 0 Å². The number of pyridine rings is 1. The van der Waals surface area contributed by atoms with Gasteiger partial charge in [0.25, 0.3) is 0 Å². The molecule has 3 nitrogen and oxygen atoms in total. The summed E-state index contributed by atoms with van der Waals surface area (Å²) in [6, 6.07) is 8.62. The zero-order valence-corrected chi connectivity index (χ0v) is 11.5. The van der Waals surface area contributed by atoms with Gasteiger partial charge in [-0.2, -0.15) is 13.2 Å². The number of halogens is 3. The van der Waals surface area contributed by atoms with E-state index in [1.807, 2.05) is 6.07 Å². The Morgan fingerprint density at radius 2 is 2.00 bits per heavy atom. The number of alkyl halides is 3. The van der Waals surface area contributed by atoms with E-state index in [2.05, 4.69) is 10.3 Å². The van der Waals surface area contributed by atoms with Gasteiger partial charge in [0.05, 0.1) is 5.56 Å². The molecule has 0 spiro atoms. The Balaban J connectivity index is 2.28. The first-order valence-corrected chi connectivity index (χ1v) is 6.45. The fourth-order valence-corrected chi connectivity index (χ4v) is 2.16. The van der Waals surface area contributed by atoms with Gasteiger partial charge in [-0.1, -0.05) is 18.2 Å². The number of anilines is 1. The molecule has 1 unspecified atom stereocenters. The van der Waals surface area contributed by atoms with Crippen molar-refractivity contribution in [3.05, 3.63) is 59.3 Å². The van der Waals surface area contributed by atoms with Gasteiger partial charge in [-0.3, -0.25) is 0 Å². The van der Waals surface area contributed by atoms with Crippen molar-refractivity contribution in [2.45, 2.75) is 18.6 Å². The molecule has 0 saturated heterocycles. The highest BCUT2D eigenvalue weighted by atomic mass is 19.4. The highest BCUT2D eigenvalue weighted by molar-refractivity contribution is 5.40. The fourth-order valence-electron chi connectivity index (χ4n) is 2.16. The molecule has 0 saturated carbocycles. The van der Waals surface area contributed by atoms with Crippen molar-refractivity contribution < 1.29 is 13.2 Å². The number of likely N-dealkylation sites (N-methyl/N-ethyl adjacent to an activating group) is 1. The topological polar surface area (TPSA) is 50.9 Å². The number of nitrogen functional groups attached to an aromatic ring is 1. The zero-order valence-electron chi connectivity index (χ0n) is 11.5. The minimum absolute atomic E-state index is 0.265. The predicted molar refractivity (Wildman–Crippen MR) is 75.6 cm³/mol.